The first kappa shape index (κ1) is 18.1. The molecule has 7 nitrogen and oxygen atoms in total. The zero-order valence-electron chi connectivity index (χ0n) is 12.8. The maximum Gasteiger partial charge on any atom is 0.139 e. The molecule has 24 heavy (non-hydrogen) atoms. The summed E-state index contributed by atoms with van der Waals surface area (Å²) >= 11 is -2.59. The monoisotopic (exact) mass is 353 g/mol. The largest absolute Gasteiger partial charge is 0.740 e. The highest BCUT2D eigenvalue weighted by molar-refractivity contribution is 7.74. The molecule has 0 aliphatic carbocycles. The molecule has 0 amide bonds. The maximum atomic E-state index is 10.4. The SMILES string of the molecule is O=S([O-])Oc1ccc(OCCOc2ccc(OCCO)cc2)cc1. The molecule has 8 heteroatoms. The highest BCUT2D eigenvalue weighted by Gasteiger charge is 1.99. The Morgan fingerprint density at radius 2 is 1.12 bits per heavy atom. The van der Waals surface area contributed by atoms with Crippen LogP contribution >= 0.6 is 0 Å². The molecule has 0 aromatic heterocycles. The van der Waals surface area contributed by atoms with Crippen LogP contribution in [0.15, 0.2) is 48.5 Å². The van der Waals surface area contributed by atoms with E-state index in [4.69, 9.17) is 19.3 Å². The van der Waals surface area contributed by atoms with Crippen molar-refractivity contribution in [1.82, 2.24) is 0 Å². The van der Waals surface area contributed by atoms with Gasteiger partial charge in [0.1, 0.15) is 54.2 Å². The van der Waals surface area contributed by atoms with Gasteiger partial charge in [0.25, 0.3) is 0 Å². The standard InChI is InChI=1S/C16H18O7S/c17-9-10-20-13-1-3-14(4-2-13)21-11-12-22-15-5-7-16(8-6-15)23-24(18)19/h1-8,17H,9-12H2,(H,18,19)/p-1. The molecule has 2 rings (SSSR count). The van der Waals surface area contributed by atoms with Gasteiger partial charge in [0.05, 0.1) is 6.61 Å². The second kappa shape index (κ2) is 9.76. The average molecular weight is 353 g/mol. The van der Waals surface area contributed by atoms with Gasteiger partial charge in [-0.05, 0) is 48.5 Å². The molecule has 0 aliphatic rings. The molecule has 0 saturated carbocycles. The van der Waals surface area contributed by atoms with E-state index in [9.17, 15) is 8.76 Å². The zero-order valence-corrected chi connectivity index (χ0v) is 13.6. The van der Waals surface area contributed by atoms with Gasteiger partial charge >= 0.3 is 0 Å². The second-order valence-electron chi connectivity index (χ2n) is 4.50. The van der Waals surface area contributed by atoms with Gasteiger partial charge in [-0.1, -0.05) is 0 Å². The van der Waals surface area contributed by atoms with Crippen LogP contribution in [0, 0.1) is 0 Å². The third-order valence-corrected chi connectivity index (χ3v) is 3.12. The number of ether oxygens (including phenoxy) is 3. The van der Waals surface area contributed by atoms with Gasteiger partial charge in [-0.25, -0.2) is 4.21 Å². The smallest absolute Gasteiger partial charge is 0.139 e. The van der Waals surface area contributed by atoms with Gasteiger partial charge in [0.2, 0.25) is 0 Å². The fraction of sp³-hybridized carbons (Fsp3) is 0.250. The van der Waals surface area contributed by atoms with Crippen LogP contribution in [-0.2, 0) is 11.4 Å². The second-order valence-corrected chi connectivity index (χ2v) is 5.07. The topological polar surface area (TPSA) is 97.3 Å². The number of rotatable bonds is 10. The quantitative estimate of drug-likeness (QED) is 0.513. The third-order valence-electron chi connectivity index (χ3n) is 2.79. The normalized spacial score (nSPS) is 11.6. The molecule has 1 atom stereocenters. The predicted molar refractivity (Wildman–Crippen MR) is 86.0 cm³/mol. The van der Waals surface area contributed by atoms with Crippen LogP contribution in [0.3, 0.4) is 0 Å². The van der Waals surface area contributed by atoms with Crippen molar-refractivity contribution in [3.05, 3.63) is 48.5 Å². The molecular formula is C16H17O7S-. The van der Waals surface area contributed by atoms with E-state index >= 15 is 0 Å². The van der Waals surface area contributed by atoms with Gasteiger partial charge in [0.15, 0.2) is 0 Å². The Bertz CT molecular complexity index is 628. The van der Waals surface area contributed by atoms with Crippen molar-refractivity contribution in [2.24, 2.45) is 0 Å². The van der Waals surface area contributed by atoms with E-state index < -0.39 is 11.4 Å². The van der Waals surface area contributed by atoms with Crippen LogP contribution in [0.2, 0.25) is 0 Å². The summed E-state index contributed by atoms with van der Waals surface area (Å²) in [5.41, 5.74) is 0. The summed E-state index contributed by atoms with van der Waals surface area (Å²) in [6.07, 6.45) is 0. The molecule has 130 valence electrons. The molecule has 0 spiro atoms. The van der Waals surface area contributed by atoms with Crippen LogP contribution in [0.4, 0.5) is 0 Å². The van der Waals surface area contributed by atoms with E-state index in [0.717, 1.165) is 0 Å². The molecule has 0 fully saturated rings. The van der Waals surface area contributed by atoms with Crippen LogP contribution in [0.5, 0.6) is 23.0 Å². The Kier molecular flexibility index (Phi) is 7.34. The molecule has 0 saturated heterocycles. The summed E-state index contributed by atoms with van der Waals surface area (Å²) in [4.78, 5) is 0. The Labute approximate surface area is 142 Å². The first-order valence-corrected chi connectivity index (χ1v) is 8.14. The fourth-order valence-corrected chi connectivity index (χ4v) is 2.05. The highest BCUT2D eigenvalue weighted by atomic mass is 32.2. The van der Waals surface area contributed by atoms with Crippen LogP contribution < -0.4 is 18.4 Å². The van der Waals surface area contributed by atoms with Crippen molar-refractivity contribution < 1.29 is 32.3 Å². The van der Waals surface area contributed by atoms with E-state index in [0.29, 0.717) is 30.5 Å². The molecule has 2 aromatic carbocycles. The summed E-state index contributed by atoms with van der Waals surface area (Å²) in [7, 11) is 0. The first-order chi connectivity index (χ1) is 11.7. The Balaban J connectivity index is 1.69. The fourth-order valence-electron chi connectivity index (χ4n) is 1.78. The molecule has 2 aromatic rings. The molecule has 0 heterocycles. The lowest BCUT2D eigenvalue weighted by Crippen LogP contribution is -2.09. The van der Waals surface area contributed by atoms with Crippen molar-refractivity contribution in [2.75, 3.05) is 26.4 Å². The van der Waals surface area contributed by atoms with Gasteiger partial charge in [-0.2, -0.15) is 0 Å². The minimum Gasteiger partial charge on any atom is -0.740 e. The Morgan fingerprint density at radius 3 is 1.50 bits per heavy atom. The lowest BCUT2D eigenvalue weighted by Gasteiger charge is -2.10. The maximum absolute atomic E-state index is 10.4. The van der Waals surface area contributed by atoms with Crippen molar-refractivity contribution in [2.45, 2.75) is 0 Å². The van der Waals surface area contributed by atoms with E-state index in [-0.39, 0.29) is 19.0 Å². The lowest BCUT2D eigenvalue weighted by molar-refractivity contribution is 0.200. The summed E-state index contributed by atoms with van der Waals surface area (Å²) < 4.78 is 41.5. The molecule has 0 bridgehead atoms. The van der Waals surface area contributed by atoms with Crippen molar-refractivity contribution >= 4 is 11.4 Å². The summed E-state index contributed by atoms with van der Waals surface area (Å²) in [5.74, 6) is 2.14. The van der Waals surface area contributed by atoms with Crippen LogP contribution in [0.1, 0.15) is 0 Å². The highest BCUT2D eigenvalue weighted by Crippen LogP contribution is 2.19. The van der Waals surface area contributed by atoms with Gasteiger partial charge < -0.3 is 28.1 Å². The molecule has 0 radical (unpaired) electrons. The number of hydrogen-bond acceptors (Lipinski definition) is 7. The predicted octanol–water partition coefficient (Wildman–Crippen LogP) is 1.69. The van der Waals surface area contributed by atoms with Crippen LogP contribution in [0.25, 0.3) is 0 Å². The summed E-state index contributed by atoms with van der Waals surface area (Å²) in [6.45, 7) is 0.899. The number of aliphatic hydroxyl groups excluding tert-OH is 1. The van der Waals surface area contributed by atoms with Crippen molar-refractivity contribution in [3.8, 4) is 23.0 Å². The molecule has 1 unspecified atom stereocenters. The summed E-state index contributed by atoms with van der Waals surface area (Å²) in [5, 5.41) is 8.67. The van der Waals surface area contributed by atoms with E-state index in [1.807, 2.05) is 0 Å². The van der Waals surface area contributed by atoms with Crippen molar-refractivity contribution in [1.29, 1.82) is 0 Å². The van der Waals surface area contributed by atoms with E-state index in [2.05, 4.69) is 4.18 Å². The van der Waals surface area contributed by atoms with Gasteiger partial charge in [-0.3, -0.25) is 0 Å². The Morgan fingerprint density at radius 1 is 0.750 bits per heavy atom. The minimum absolute atomic E-state index is 0.0303. The molecule has 0 aliphatic heterocycles. The third kappa shape index (κ3) is 6.45. The number of benzene rings is 2. The lowest BCUT2D eigenvalue weighted by atomic mass is 10.3. The van der Waals surface area contributed by atoms with Crippen molar-refractivity contribution in [3.63, 3.8) is 0 Å². The summed E-state index contributed by atoms with van der Waals surface area (Å²) in [6, 6.07) is 13.2. The zero-order chi connectivity index (χ0) is 17.2. The van der Waals surface area contributed by atoms with Gasteiger partial charge in [-0.15, -0.1) is 0 Å². The van der Waals surface area contributed by atoms with Gasteiger partial charge in [0, 0.05) is 0 Å². The minimum atomic E-state index is -2.59. The number of hydrogen-bond donors (Lipinski definition) is 1. The van der Waals surface area contributed by atoms with Crippen LogP contribution in [-0.4, -0.2) is 40.3 Å². The first-order valence-electron chi connectivity index (χ1n) is 7.14. The molecule has 1 N–H and O–H groups in total. The Hall–Kier alpha value is -2.29. The van der Waals surface area contributed by atoms with E-state index in [1.54, 1.807) is 36.4 Å². The van der Waals surface area contributed by atoms with E-state index in [1.165, 1.54) is 12.1 Å². The number of aliphatic hydroxyl groups is 1. The average Bonchev–Trinajstić information content (AvgIpc) is 2.59. The molecular weight excluding hydrogens is 336 g/mol.